The predicted molar refractivity (Wildman–Crippen MR) is 106 cm³/mol. The Hall–Kier alpha value is -2.14. The van der Waals surface area contributed by atoms with Crippen LogP contribution in [0, 0.1) is 11.3 Å². The lowest BCUT2D eigenvalue weighted by molar-refractivity contribution is -0.137. The number of hydrogen-bond donors (Lipinski definition) is 0. The topological polar surface area (TPSA) is 72.8 Å². The molecule has 146 valence electrons. The molecular formula is C22H29NO4. The van der Waals surface area contributed by atoms with Crippen molar-refractivity contribution in [1.82, 2.24) is 0 Å². The van der Waals surface area contributed by atoms with E-state index in [9.17, 15) is 14.4 Å². The van der Waals surface area contributed by atoms with Gasteiger partial charge in [-0.1, -0.05) is 13.8 Å². The molecule has 1 fully saturated rings. The second kappa shape index (κ2) is 9.70. The summed E-state index contributed by atoms with van der Waals surface area (Å²) in [5, 5.41) is 0. The smallest absolute Gasteiger partial charge is 0.165 e. The zero-order chi connectivity index (χ0) is 19.9. The summed E-state index contributed by atoms with van der Waals surface area (Å²) in [6.07, 6.45) is 4.36. The monoisotopic (exact) mass is 371 g/mol. The van der Waals surface area contributed by atoms with Crippen LogP contribution in [0.2, 0.25) is 0 Å². The van der Waals surface area contributed by atoms with Crippen LogP contribution >= 0.6 is 0 Å². The molecule has 2 rings (SSSR count). The lowest BCUT2D eigenvalue weighted by Crippen LogP contribution is -2.40. The second-order valence-electron chi connectivity index (χ2n) is 7.17. The maximum Gasteiger partial charge on any atom is 0.165 e. The third-order valence-corrected chi connectivity index (χ3v) is 5.53. The van der Waals surface area contributed by atoms with Crippen molar-refractivity contribution < 1.29 is 19.1 Å². The fraction of sp³-hybridized carbons (Fsp3) is 0.545. The van der Waals surface area contributed by atoms with Gasteiger partial charge in [-0.25, -0.2) is 0 Å². The van der Waals surface area contributed by atoms with Crippen LogP contribution in [0.15, 0.2) is 29.3 Å². The van der Waals surface area contributed by atoms with Crippen molar-refractivity contribution in [3.05, 3.63) is 29.8 Å². The molecule has 0 heterocycles. The molecule has 1 aromatic carbocycles. The van der Waals surface area contributed by atoms with Gasteiger partial charge in [0.1, 0.15) is 17.5 Å². The molecule has 0 saturated heterocycles. The van der Waals surface area contributed by atoms with Crippen LogP contribution in [0.3, 0.4) is 0 Å². The van der Waals surface area contributed by atoms with Gasteiger partial charge in [0.25, 0.3) is 0 Å². The average molecular weight is 371 g/mol. The summed E-state index contributed by atoms with van der Waals surface area (Å²) in [6, 6.07) is 6.88. The van der Waals surface area contributed by atoms with Crippen molar-refractivity contribution in [2.75, 3.05) is 13.2 Å². The van der Waals surface area contributed by atoms with Gasteiger partial charge >= 0.3 is 0 Å². The summed E-state index contributed by atoms with van der Waals surface area (Å²) in [6.45, 7) is 6.98. The van der Waals surface area contributed by atoms with Crippen molar-refractivity contribution in [1.29, 1.82) is 0 Å². The number of Topliss-reactive ketones (excluding diaryl/α,β-unsaturated/α-hetero) is 3. The van der Waals surface area contributed by atoms with E-state index in [1.807, 2.05) is 20.8 Å². The van der Waals surface area contributed by atoms with Gasteiger partial charge in [0, 0.05) is 37.6 Å². The lowest BCUT2D eigenvalue weighted by Gasteiger charge is -2.36. The first-order chi connectivity index (χ1) is 12.9. The minimum absolute atomic E-state index is 0.0205. The average Bonchev–Trinajstić information content (AvgIpc) is 2.67. The van der Waals surface area contributed by atoms with Gasteiger partial charge in [0.05, 0.1) is 12.3 Å². The molecule has 0 bridgehead atoms. The number of ether oxygens (including phenoxy) is 1. The molecule has 0 N–H and O–H groups in total. The van der Waals surface area contributed by atoms with Gasteiger partial charge in [-0.15, -0.1) is 0 Å². The first-order valence-electron chi connectivity index (χ1n) is 9.75. The number of nitrogens with zero attached hydrogens (tertiary/aromatic N) is 1. The fourth-order valence-electron chi connectivity index (χ4n) is 3.46. The van der Waals surface area contributed by atoms with Crippen LogP contribution in [0.1, 0.15) is 63.2 Å². The number of aliphatic imine (C=N–C) groups is 1. The SMILES string of the molecule is CCOCCC(=O)c1ccc(N=CC2C(=O)CC(CC)(CC)CC2=O)cc1. The van der Waals surface area contributed by atoms with Crippen LogP contribution in [-0.2, 0) is 14.3 Å². The number of carbonyl (C=O) groups is 3. The van der Waals surface area contributed by atoms with Gasteiger partial charge in [-0.05, 0) is 49.4 Å². The highest BCUT2D eigenvalue weighted by molar-refractivity contribution is 6.16. The van der Waals surface area contributed by atoms with E-state index in [1.54, 1.807) is 24.3 Å². The maximum absolute atomic E-state index is 12.5. The van der Waals surface area contributed by atoms with Crippen molar-refractivity contribution in [2.45, 2.75) is 52.9 Å². The number of rotatable bonds is 9. The van der Waals surface area contributed by atoms with Gasteiger partial charge in [0.2, 0.25) is 0 Å². The first-order valence-corrected chi connectivity index (χ1v) is 9.75. The molecule has 0 atom stereocenters. The quantitative estimate of drug-likeness (QED) is 0.280. The maximum atomic E-state index is 12.5. The summed E-state index contributed by atoms with van der Waals surface area (Å²) in [5.74, 6) is -0.807. The van der Waals surface area contributed by atoms with E-state index in [-0.39, 0.29) is 22.8 Å². The Morgan fingerprint density at radius 3 is 2.22 bits per heavy atom. The van der Waals surface area contributed by atoms with E-state index in [2.05, 4.69) is 4.99 Å². The van der Waals surface area contributed by atoms with Crippen LogP contribution in [0.4, 0.5) is 5.69 Å². The minimum atomic E-state index is -0.747. The number of carbonyl (C=O) groups excluding carboxylic acids is 3. The van der Waals surface area contributed by atoms with E-state index in [0.29, 0.717) is 43.7 Å². The Morgan fingerprint density at radius 2 is 1.70 bits per heavy atom. The van der Waals surface area contributed by atoms with E-state index < -0.39 is 5.92 Å². The molecule has 0 amide bonds. The Bertz CT molecular complexity index is 682. The fourth-order valence-corrected chi connectivity index (χ4v) is 3.46. The number of ketones is 3. The third-order valence-electron chi connectivity index (χ3n) is 5.53. The predicted octanol–water partition coefficient (Wildman–Crippen LogP) is 4.35. The highest BCUT2D eigenvalue weighted by atomic mass is 16.5. The Labute approximate surface area is 161 Å². The van der Waals surface area contributed by atoms with Crippen LogP contribution in [0.25, 0.3) is 0 Å². The van der Waals surface area contributed by atoms with Gasteiger partial charge in [-0.2, -0.15) is 0 Å². The standard InChI is InChI=1S/C22H29NO4/c1-4-22(5-2)13-20(25)18(21(26)14-22)15-23-17-9-7-16(8-10-17)19(24)11-12-27-6-3/h7-10,15,18H,4-6,11-14H2,1-3H3. The molecule has 1 saturated carbocycles. The molecule has 1 aliphatic carbocycles. The summed E-state index contributed by atoms with van der Waals surface area (Å²) >= 11 is 0. The van der Waals surface area contributed by atoms with Crippen LogP contribution in [0.5, 0.6) is 0 Å². The highest BCUT2D eigenvalue weighted by Gasteiger charge is 2.42. The molecule has 1 aromatic rings. The van der Waals surface area contributed by atoms with Crippen molar-refractivity contribution in [3.8, 4) is 0 Å². The lowest BCUT2D eigenvalue weighted by atomic mass is 9.66. The molecular weight excluding hydrogens is 342 g/mol. The Kier molecular flexibility index (Phi) is 7.60. The summed E-state index contributed by atoms with van der Waals surface area (Å²) < 4.78 is 5.20. The second-order valence-corrected chi connectivity index (χ2v) is 7.17. The van der Waals surface area contributed by atoms with Crippen LogP contribution < -0.4 is 0 Å². The summed E-state index contributed by atoms with van der Waals surface area (Å²) in [7, 11) is 0. The van der Waals surface area contributed by atoms with E-state index in [0.717, 1.165) is 12.8 Å². The van der Waals surface area contributed by atoms with Gasteiger partial charge in [0.15, 0.2) is 5.78 Å². The van der Waals surface area contributed by atoms with Gasteiger partial charge < -0.3 is 4.74 Å². The largest absolute Gasteiger partial charge is 0.381 e. The zero-order valence-corrected chi connectivity index (χ0v) is 16.5. The molecule has 0 radical (unpaired) electrons. The Morgan fingerprint density at radius 1 is 1.11 bits per heavy atom. The normalized spacial score (nSPS) is 17.6. The number of benzene rings is 1. The molecule has 0 unspecified atom stereocenters. The van der Waals surface area contributed by atoms with Gasteiger partial charge in [-0.3, -0.25) is 19.4 Å². The van der Waals surface area contributed by atoms with E-state index >= 15 is 0 Å². The van der Waals surface area contributed by atoms with Crippen molar-refractivity contribution in [3.63, 3.8) is 0 Å². The molecule has 0 aromatic heterocycles. The molecule has 5 nitrogen and oxygen atoms in total. The van der Waals surface area contributed by atoms with Crippen molar-refractivity contribution >= 4 is 29.3 Å². The molecule has 5 heteroatoms. The zero-order valence-electron chi connectivity index (χ0n) is 16.5. The molecule has 27 heavy (non-hydrogen) atoms. The Balaban J connectivity index is 2.00. The molecule has 1 aliphatic rings. The van der Waals surface area contributed by atoms with E-state index in [4.69, 9.17) is 4.74 Å². The van der Waals surface area contributed by atoms with E-state index in [1.165, 1.54) is 6.21 Å². The highest BCUT2D eigenvalue weighted by Crippen LogP contribution is 2.40. The third kappa shape index (κ3) is 5.42. The minimum Gasteiger partial charge on any atom is -0.381 e. The first kappa shape index (κ1) is 21.2. The number of hydrogen-bond acceptors (Lipinski definition) is 5. The summed E-state index contributed by atoms with van der Waals surface area (Å²) in [4.78, 5) is 41.3. The molecule has 0 aliphatic heterocycles. The van der Waals surface area contributed by atoms with Crippen LogP contribution in [-0.4, -0.2) is 36.8 Å². The summed E-state index contributed by atoms with van der Waals surface area (Å²) in [5.41, 5.74) is 1.05. The molecule has 0 spiro atoms. The van der Waals surface area contributed by atoms with Crippen molar-refractivity contribution in [2.24, 2.45) is 16.3 Å².